The molecule has 2 aromatic carbocycles. The summed E-state index contributed by atoms with van der Waals surface area (Å²) in [5, 5.41) is 4.32. The maximum Gasteiger partial charge on any atom is 0.244 e. The molecule has 4 rings (SSSR count). The Morgan fingerprint density at radius 3 is 2.00 bits per heavy atom. The number of hydrogen-bond acceptors (Lipinski definition) is 4. The van der Waals surface area contributed by atoms with Gasteiger partial charge in [0.2, 0.25) is 5.91 Å². The molecule has 1 atom stereocenters. The Balaban J connectivity index is 1.64. The number of carbonyl (C=O) groups excluding carboxylic acids is 1. The minimum atomic E-state index is -3.08. The standard InChI is InChI=1S/C18H16N2O3S/c21-18(12-9-10-24(22,23)11-12)20-19-17-15-7-3-1-5-13(15)14-6-2-4-8-16(14)17/h1-8,12H,9-11H2,(H,20,21)/t12-/m0/s1. The first-order chi connectivity index (χ1) is 11.6. The highest BCUT2D eigenvalue weighted by atomic mass is 32.2. The zero-order valence-electron chi connectivity index (χ0n) is 12.9. The van der Waals surface area contributed by atoms with E-state index in [9.17, 15) is 13.2 Å². The molecule has 2 aromatic rings. The van der Waals surface area contributed by atoms with Gasteiger partial charge in [-0.1, -0.05) is 48.5 Å². The molecule has 1 saturated heterocycles. The van der Waals surface area contributed by atoms with Crippen LogP contribution in [0, 0.1) is 5.92 Å². The van der Waals surface area contributed by atoms with Crippen LogP contribution in [0.5, 0.6) is 0 Å². The van der Waals surface area contributed by atoms with Crippen molar-refractivity contribution in [2.45, 2.75) is 6.42 Å². The van der Waals surface area contributed by atoms with Crippen LogP contribution >= 0.6 is 0 Å². The average Bonchev–Trinajstić information content (AvgIpc) is 3.11. The van der Waals surface area contributed by atoms with Gasteiger partial charge in [-0.3, -0.25) is 4.79 Å². The van der Waals surface area contributed by atoms with Crippen molar-refractivity contribution in [1.82, 2.24) is 5.43 Å². The minimum absolute atomic E-state index is 0.0767. The van der Waals surface area contributed by atoms with Gasteiger partial charge in [0, 0.05) is 11.1 Å². The molecule has 1 N–H and O–H groups in total. The quantitative estimate of drug-likeness (QED) is 0.725. The van der Waals surface area contributed by atoms with E-state index in [1.165, 1.54) is 0 Å². The second kappa shape index (κ2) is 5.56. The molecule has 1 amide bonds. The van der Waals surface area contributed by atoms with Gasteiger partial charge in [-0.15, -0.1) is 0 Å². The van der Waals surface area contributed by atoms with Crippen LogP contribution in [0.4, 0.5) is 0 Å². The van der Waals surface area contributed by atoms with Crippen molar-refractivity contribution in [3.05, 3.63) is 59.7 Å². The number of sulfone groups is 1. The molecule has 1 aliphatic heterocycles. The Hall–Kier alpha value is -2.47. The number of rotatable bonds is 2. The van der Waals surface area contributed by atoms with Gasteiger partial charge >= 0.3 is 0 Å². The van der Waals surface area contributed by atoms with Crippen molar-refractivity contribution in [2.75, 3.05) is 11.5 Å². The van der Waals surface area contributed by atoms with E-state index >= 15 is 0 Å². The molecule has 1 aliphatic carbocycles. The predicted molar refractivity (Wildman–Crippen MR) is 92.4 cm³/mol. The van der Waals surface area contributed by atoms with Crippen molar-refractivity contribution in [3.8, 4) is 11.1 Å². The van der Waals surface area contributed by atoms with Gasteiger partial charge in [0.1, 0.15) is 0 Å². The van der Waals surface area contributed by atoms with Crippen LogP contribution in [0.25, 0.3) is 11.1 Å². The lowest BCUT2D eigenvalue weighted by Crippen LogP contribution is -2.28. The summed E-state index contributed by atoms with van der Waals surface area (Å²) in [4.78, 5) is 12.2. The number of amides is 1. The van der Waals surface area contributed by atoms with E-state index in [-0.39, 0.29) is 17.4 Å². The van der Waals surface area contributed by atoms with Gasteiger partial charge in [0.15, 0.2) is 9.84 Å². The lowest BCUT2D eigenvalue weighted by atomic mass is 10.1. The first-order valence-corrected chi connectivity index (χ1v) is 9.64. The zero-order chi connectivity index (χ0) is 16.7. The highest BCUT2D eigenvalue weighted by Gasteiger charge is 2.33. The largest absolute Gasteiger partial charge is 0.273 e. The maximum atomic E-state index is 12.2. The number of hydrazone groups is 1. The third-order valence-electron chi connectivity index (χ3n) is 4.54. The number of fused-ring (bicyclic) bond motifs is 3. The molecule has 1 heterocycles. The van der Waals surface area contributed by atoms with Crippen LogP contribution in [-0.4, -0.2) is 31.5 Å². The number of carbonyl (C=O) groups is 1. The van der Waals surface area contributed by atoms with E-state index in [4.69, 9.17) is 0 Å². The third-order valence-corrected chi connectivity index (χ3v) is 6.30. The van der Waals surface area contributed by atoms with E-state index in [0.29, 0.717) is 6.42 Å². The first-order valence-electron chi connectivity index (χ1n) is 7.82. The summed E-state index contributed by atoms with van der Waals surface area (Å²) in [7, 11) is -3.08. The highest BCUT2D eigenvalue weighted by molar-refractivity contribution is 7.91. The van der Waals surface area contributed by atoms with Crippen LogP contribution in [0.2, 0.25) is 0 Å². The van der Waals surface area contributed by atoms with Gasteiger partial charge in [0.25, 0.3) is 0 Å². The molecule has 24 heavy (non-hydrogen) atoms. The average molecular weight is 340 g/mol. The minimum Gasteiger partial charge on any atom is -0.273 e. The first kappa shape index (κ1) is 15.1. The van der Waals surface area contributed by atoms with Crippen LogP contribution in [0.3, 0.4) is 0 Å². The lowest BCUT2D eigenvalue weighted by Gasteiger charge is -2.07. The topological polar surface area (TPSA) is 75.6 Å². The Bertz CT molecular complexity index is 916. The summed E-state index contributed by atoms with van der Waals surface area (Å²) in [6.07, 6.45) is 0.367. The van der Waals surface area contributed by atoms with E-state index in [0.717, 1.165) is 28.0 Å². The zero-order valence-corrected chi connectivity index (χ0v) is 13.7. The number of hydrogen-bond donors (Lipinski definition) is 1. The maximum absolute atomic E-state index is 12.2. The summed E-state index contributed by atoms with van der Waals surface area (Å²) < 4.78 is 23.0. The van der Waals surface area contributed by atoms with E-state index in [1.54, 1.807) is 0 Å². The lowest BCUT2D eigenvalue weighted by molar-refractivity contribution is -0.124. The fourth-order valence-corrected chi connectivity index (χ4v) is 5.06. The normalized spacial score (nSPS) is 20.3. The number of benzene rings is 2. The summed E-state index contributed by atoms with van der Waals surface area (Å²) in [5.74, 6) is -0.846. The molecule has 1 fully saturated rings. The smallest absolute Gasteiger partial charge is 0.244 e. The Morgan fingerprint density at radius 1 is 0.958 bits per heavy atom. The van der Waals surface area contributed by atoms with Crippen molar-refractivity contribution < 1.29 is 13.2 Å². The monoisotopic (exact) mass is 340 g/mol. The fourth-order valence-electron chi connectivity index (χ4n) is 3.32. The van der Waals surface area contributed by atoms with Gasteiger partial charge in [0.05, 0.1) is 23.1 Å². The molecule has 6 heteroatoms. The number of nitrogens with one attached hydrogen (secondary N) is 1. The fraction of sp³-hybridized carbons (Fsp3) is 0.222. The van der Waals surface area contributed by atoms with Crippen LogP contribution < -0.4 is 5.43 Å². The SMILES string of the molecule is O=C(NN=C1c2ccccc2-c2ccccc21)[C@H]1CCS(=O)(=O)C1. The highest BCUT2D eigenvalue weighted by Crippen LogP contribution is 2.36. The van der Waals surface area contributed by atoms with Gasteiger partial charge in [-0.2, -0.15) is 5.10 Å². The molecule has 0 radical (unpaired) electrons. The molecular formula is C18H16N2O3S. The van der Waals surface area contributed by atoms with Crippen molar-refractivity contribution in [2.24, 2.45) is 11.0 Å². The molecule has 0 saturated carbocycles. The molecule has 0 unspecified atom stereocenters. The van der Waals surface area contributed by atoms with E-state index in [2.05, 4.69) is 10.5 Å². The predicted octanol–water partition coefficient (Wildman–Crippen LogP) is 1.97. The van der Waals surface area contributed by atoms with Crippen molar-refractivity contribution >= 4 is 21.5 Å². The Kier molecular flexibility index (Phi) is 3.49. The third kappa shape index (κ3) is 2.53. The van der Waals surface area contributed by atoms with Crippen LogP contribution in [0.15, 0.2) is 53.6 Å². The van der Waals surface area contributed by atoms with Gasteiger partial charge in [-0.05, 0) is 17.5 Å². The molecular weight excluding hydrogens is 324 g/mol. The van der Waals surface area contributed by atoms with E-state index in [1.807, 2.05) is 48.5 Å². The van der Waals surface area contributed by atoms with Crippen LogP contribution in [0.1, 0.15) is 17.5 Å². The van der Waals surface area contributed by atoms with Gasteiger partial charge in [-0.25, -0.2) is 13.8 Å². The molecule has 0 spiro atoms. The molecule has 5 nitrogen and oxygen atoms in total. The summed E-state index contributed by atoms with van der Waals surface area (Å²) >= 11 is 0. The second-order valence-corrected chi connectivity index (χ2v) is 8.36. The number of nitrogens with zero attached hydrogens (tertiary/aromatic N) is 1. The second-order valence-electron chi connectivity index (χ2n) is 6.13. The molecule has 0 aromatic heterocycles. The molecule has 122 valence electrons. The van der Waals surface area contributed by atoms with E-state index < -0.39 is 15.8 Å². The van der Waals surface area contributed by atoms with Crippen molar-refractivity contribution in [3.63, 3.8) is 0 Å². The molecule has 2 aliphatic rings. The summed E-state index contributed by atoms with van der Waals surface area (Å²) in [6, 6.07) is 15.8. The van der Waals surface area contributed by atoms with Crippen molar-refractivity contribution in [1.29, 1.82) is 0 Å². The van der Waals surface area contributed by atoms with Gasteiger partial charge < -0.3 is 0 Å². The Labute approximate surface area is 140 Å². The molecule has 0 bridgehead atoms. The Morgan fingerprint density at radius 2 is 1.50 bits per heavy atom. The summed E-state index contributed by atoms with van der Waals surface area (Å²) in [6.45, 7) is 0. The summed E-state index contributed by atoms with van der Waals surface area (Å²) in [5.41, 5.74) is 7.40. The van der Waals surface area contributed by atoms with Crippen LogP contribution in [-0.2, 0) is 14.6 Å².